The molecule has 4 rings (SSSR count). The molecule has 31 heavy (non-hydrogen) atoms. The summed E-state index contributed by atoms with van der Waals surface area (Å²) in [5.74, 6) is 0.573. The molecule has 2 amide bonds. The van der Waals surface area contributed by atoms with Gasteiger partial charge in [0.2, 0.25) is 0 Å². The molecule has 0 atom stereocenters. The van der Waals surface area contributed by atoms with Gasteiger partial charge in [0.1, 0.15) is 0 Å². The topological polar surface area (TPSA) is 60.5 Å². The van der Waals surface area contributed by atoms with E-state index in [-0.39, 0.29) is 6.03 Å². The van der Waals surface area contributed by atoms with Gasteiger partial charge in [-0.1, -0.05) is 6.07 Å². The minimum atomic E-state index is -4.32. The van der Waals surface area contributed by atoms with Crippen LogP contribution in [0, 0.1) is 0 Å². The Morgan fingerprint density at radius 1 is 1.19 bits per heavy atom. The zero-order chi connectivity index (χ0) is 21.8. The fraction of sp³-hybridized carbons (Fsp3) is 0.524. The maximum absolute atomic E-state index is 12.9. The zero-order valence-electron chi connectivity index (χ0n) is 17.1. The van der Waals surface area contributed by atoms with Gasteiger partial charge in [0.05, 0.1) is 11.3 Å². The van der Waals surface area contributed by atoms with Gasteiger partial charge in [0.25, 0.3) is 0 Å². The van der Waals surface area contributed by atoms with Crippen LogP contribution >= 0.6 is 11.3 Å². The molecule has 168 valence electrons. The minimum Gasteiger partial charge on any atom is -0.369 e. The van der Waals surface area contributed by atoms with Gasteiger partial charge >= 0.3 is 12.2 Å². The highest BCUT2D eigenvalue weighted by molar-refractivity contribution is 7.13. The van der Waals surface area contributed by atoms with Crippen molar-refractivity contribution in [1.29, 1.82) is 0 Å². The number of benzene rings is 1. The molecule has 2 heterocycles. The van der Waals surface area contributed by atoms with E-state index in [1.54, 1.807) is 6.07 Å². The van der Waals surface area contributed by atoms with Gasteiger partial charge in [-0.3, -0.25) is 10.2 Å². The number of carbonyl (C=O) groups excluding carboxylic acids is 1. The van der Waals surface area contributed by atoms with Crippen LogP contribution in [0.25, 0.3) is 0 Å². The second kappa shape index (κ2) is 9.44. The summed E-state index contributed by atoms with van der Waals surface area (Å²) in [6.45, 7) is 4.32. The number of rotatable bonds is 7. The highest BCUT2D eigenvalue weighted by atomic mass is 32.1. The molecule has 1 saturated heterocycles. The maximum atomic E-state index is 12.9. The van der Waals surface area contributed by atoms with Crippen molar-refractivity contribution in [3.8, 4) is 0 Å². The predicted molar refractivity (Wildman–Crippen MR) is 116 cm³/mol. The lowest BCUT2D eigenvalue weighted by atomic mass is 10.1. The van der Waals surface area contributed by atoms with E-state index < -0.39 is 11.7 Å². The Labute approximate surface area is 183 Å². The standard InChI is InChI=1S/C21H26F3N5OS/c22-21(23,24)16-3-1-4-17(13-16)29-11-9-28(10-12-29)8-2-7-25-19(30)27-20-26-18(14-31-20)15-5-6-15/h1,3-4,13-15H,2,5-12H2,(H2,25,26,27,30). The van der Waals surface area contributed by atoms with Crippen molar-refractivity contribution in [3.63, 3.8) is 0 Å². The number of piperazine rings is 1. The molecule has 0 bridgehead atoms. The van der Waals surface area contributed by atoms with Crippen LogP contribution < -0.4 is 15.5 Å². The number of thiazole rings is 1. The van der Waals surface area contributed by atoms with Crippen LogP contribution in [-0.2, 0) is 6.18 Å². The Morgan fingerprint density at radius 2 is 1.97 bits per heavy atom. The summed E-state index contributed by atoms with van der Waals surface area (Å²) >= 11 is 1.45. The molecular weight excluding hydrogens is 427 g/mol. The molecule has 2 fully saturated rings. The van der Waals surface area contributed by atoms with Gasteiger partial charge < -0.3 is 10.2 Å². The third-order valence-corrected chi connectivity index (χ3v) is 6.36. The van der Waals surface area contributed by atoms with Gasteiger partial charge in [-0.15, -0.1) is 11.3 Å². The van der Waals surface area contributed by atoms with Crippen LogP contribution in [0.15, 0.2) is 29.6 Å². The lowest BCUT2D eigenvalue weighted by molar-refractivity contribution is -0.137. The van der Waals surface area contributed by atoms with Gasteiger partial charge in [-0.25, -0.2) is 9.78 Å². The molecule has 2 N–H and O–H groups in total. The predicted octanol–water partition coefficient (Wildman–Crippen LogP) is 4.37. The maximum Gasteiger partial charge on any atom is 0.416 e. The number of nitrogens with zero attached hydrogens (tertiary/aromatic N) is 3. The molecule has 2 aromatic rings. The van der Waals surface area contributed by atoms with Gasteiger partial charge in [-0.05, 0) is 44.0 Å². The summed E-state index contributed by atoms with van der Waals surface area (Å²) in [5.41, 5.74) is 1.07. The number of anilines is 2. The fourth-order valence-electron chi connectivity index (χ4n) is 3.66. The first-order valence-corrected chi connectivity index (χ1v) is 11.4. The van der Waals surface area contributed by atoms with Gasteiger partial charge in [0.15, 0.2) is 5.13 Å². The molecule has 1 saturated carbocycles. The Kier molecular flexibility index (Phi) is 6.66. The largest absolute Gasteiger partial charge is 0.416 e. The molecule has 0 unspecified atom stereocenters. The van der Waals surface area contributed by atoms with Crippen LogP contribution in [-0.4, -0.2) is 55.2 Å². The molecule has 0 radical (unpaired) electrons. The first-order valence-electron chi connectivity index (χ1n) is 10.5. The molecule has 1 aromatic carbocycles. The number of aromatic nitrogens is 1. The van der Waals surface area contributed by atoms with Crippen LogP contribution in [0.1, 0.15) is 36.4 Å². The zero-order valence-corrected chi connectivity index (χ0v) is 17.9. The number of hydrogen-bond donors (Lipinski definition) is 2. The monoisotopic (exact) mass is 453 g/mol. The van der Waals surface area contributed by atoms with Gasteiger partial charge in [0, 0.05) is 49.7 Å². The molecule has 1 aliphatic carbocycles. The van der Waals surface area contributed by atoms with Crippen LogP contribution in [0.2, 0.25) is 0 Å². The molecule has 2 aliphatic rings. The van der Waals surface area contributed by atoms with E-state index in [2.05, 4.69) is 20.5 Å². The molecule has 1 aliphatic heterocycles. The molecule has 1 aromatic heterocycles. The lowest BCUT2D eigenvalue weighted by Gasteiger charge is -2.36. The fourth-order valence-corrected chi connectivity index (χ4v) is 4.45. The quantitative estimate of drug-likeness (QED) is 0.611. The van der Waals surface area contributed by atoms with E-state index in [0.29, 0.717) is 36.4 Å². The van der Waals surface area contributed by atoms with Crippen LogP contribution in [0.5, 0.6) is 0 Å². The number of carbonyl (C=O) groups is 1. The Morgan fingerprint density at radius 3 is 2.68 bits per heavy atom. The van der Waals surface area contributed by atoms with E-state index in [0.717, 1.165) is 37.8 Å². The number of amides is 2. The SMILES string of the molecule is O=C(NCCCN1CCN(c2cccc(C(F)(F)F)c2)CC1)Nc1nc(C2CC2)cs1. The highest BCUT2D eigenvalue weighted by Crippen LogP contribution is 2.40. The van der Waals surface area contributed by atoms with E-state index in [1.165, 1.54) is 36.3 Å². The Bertz CT molecular complexity index is 891. The summed E-state index contributed by atoms with van der Waals surface area (Å²) in [7, 11) is 0. The second-order valence-corrected chi connectivity index (χ2v) is 8.82. The van der Waals surface area contributed by atoms with Crippen molar-refractivity contribution in [3.05, 3.63) is 40.9 Å². The highest BCUT2D eigenvalue weighted by Gasteiger charge is 2.31. The minimum absolute atomic E-state index is 0.244. The Hall–Kier alpha value is -2.33. The number of nitrogens with one attached hydrogen (secondary N) is 2. The smallest absolute Gasteiger partial charge is 0.369 e. The van der Waals surface area contributed by atoms with Crippen molar-refractivity contribution < 1.29 is 18.0 Å². The van der Waals surface area contributed by atoms with Crippen molar-refractivity contribution in [2.75, 3.05) is 49.5 Å². The number of halogens is 3. The molecule has 6 nitrogen and oxygen atoms in total. The lowest BCUT2D eigenvalue weighted by Crippen LogP contribution is -2.47. The number of urea groups is 1. The number of hydrogen-bond acceptors (Lipinski definition) is 5. The van der Waals surface area contributed by atoms with Crippen molar-refractivity contribution >= 4 is 28.2 Å². The molecular formula is C21H26F3N5OS. The summed E-state index contributed by atoms with van der Waals surface area (Å²) in [6.07, 6.45) is -1.15. The average Bonchev–Trinajstić information content (AvgIpc) is 3.50. The van der Waals surface area contributed by atoms with Crippen molar-refractivity contribution in [2.45, 2.75) is 31.4 Å². The third kappa shape index (κ3) is 6.10. The van der Waals surface area contributed by atoms with Crippen LogP contribution in [0.4, 0.5) is 28.8 Å². The molecule has 0 spiro atoms. The summed E-state index contributed by atoms with van der Waals surface area (Å²) in [5, 5.41) is 8.27. The van der Waals surface area contributed by atoms with Crippen LogP contribution in [0.3, 0.4) is 0 Å². The number of alkyl halides is 3. The summed E-state index contributed by atoms with van der Waals surface area (Å²) in [4.78, 5) is 20.7. The molecule has 10 heteroatoms. The van der Waals surface area contributed by atoms with Crippen molar-refractivity contribution in [1.82, 2.24) is 15.2 Å². The summed E-state index contributed by atoms with van der Waals surface area (Å²) in [6, 6.07) is 5.26. The van der Waals surface area contributed by atoms with E-state index in [9.17, 15) is 18.0 Å². The summed E-state index contributed by atoms with van der Waals surface area (Å²) < 4.78 is 38.8. The van der Waals surface area contributed by atoms with E-state index in [4.69, 9.17) is 0 Å². The average molecular weight is 454 g/mol. The van der Waals surface area contributed by atoms with E-state index in [1.807, 2.05) is 10.3 Å². The first-order chi connectivity index (χ1) is 14.9. The van der Waals surface area contributed by atoms with E-state index >= 15 is 0 Å². The van der Waals surface area contributed by atoms with Crippen molar-refractivity contribution in [2.24, 2.45) is 0 Å². The van der Waals surface area contributed by atoms with Gasteiger partial charge in [-0.2, -0.15) is 13.2 Å². The second-order valence-electron chi connectivity index (χ2n) is 7.96. The first kappa shape index (κ1) is 21.9. The Balaban J connectivity index is 1.13. The third-order valence-electron chi connectivity index (χ3n) is 5.59. The normalized spacial score (nSPS) is 17.6.